The van der Waals surface area contributed by atoms with Crippen LogP contribution in [0.3, 0.4) is 0 Å². The highest BCUT2D eigenvalue weighted by molar-refractivity contribution is 5.89. The van der Waals surface area contributed by atoms with Crippen LogP contribution in [-0.4, -0.2) is 83.7 Å². The topological polar surface area (TPSA) is 129 Å². The number of aromatic nitrogens is 2. The van der Waals surface area contributed by atoms with Crippen molar-refractivity contribution in [2.45, 2.75) is 53.2 Å². The molecule has 1 aromatic carbocycles. The molecule has 4 rings (SSSR count). The van der Waals surface area contributed by atoms with E-state index in [1.807, 2.05) is 46.8 Å². The van der Waals surface area contributed by atoms with Crippen molar-refractivity contribution in [3.05, 3.63) is 35.5 Å². The van der Waals surface area contributed by atoms with Crippen LogP contribution in [0.25, 0.3) is 11.4 Å². The lowest BCUT2D eigenvalue weighted by molar-refractivity contribution is 0.0220. The molecule has 0 atom stereocenters. The van der Waals surface area contributed by atoms with Crippen LogP contribution in [0, 0.1) is 0 Å². The number of benzene rings is 1. The van der Waals surface area contributed by atoms with Gasteiger partial charge in [0.2, 0.25) is 0 Å². The molecular weight excluding hydrogens is 488 g/mol. The van der Waals surface area contributed by atoms with E-state index in [0.29, 0.717) is 44.2 Å². The average Bonchev–Trinajstić information content (AvgIpc) is 2.92. The van der Waals surface area contributed by atoms with Crippen LogP contribution in [-0.2, 0) is 22.4 Å². The number of aliphatic hydroxyl groups is 1. The molecule has 3 N–H and O–H groups in total. The first kappa shape index (κ1) is 29.1. The van der Waals surface area contributed by atoms with Gasteiger partial charge in [0.1, 0.15) is 11.4 Å². The first-order valence-corrected chi connectivity index (χ1v) is 13.2. The van der Waals surface area contributed by atoms with Gasteiger partial charge in [0.25, 0.3) is 0 Å². The van der Waals surface area contributed by atoms with Crippen molar-refractivity contribution in [3.8, 4) is 11.4 Å². The Morgan fingerprint density at radius 2 is 1.76 bits per heavy atom. The highest BCUT2D eigenvalue weighted by atomic mass is 16.6. The molecule has 1 aromatic heterocycles. The Labute approximate surface area is 224 Å². The van der Waals surface area contributed by atoms with Crippen molar-refractivity contribution in [2.75, 3.05) is 56.2 Å². The molecule has 1 fully saturated rings. The van der Waals surface area contributed by atoms with Gasteiger partial charge in [-0.1, -0.05) is 13.8 Å². The van der Waals surface area contributed by atoms with Gasteiger partial charge in [-0.15, -0.1) is 0 Å². The van der Waals surface area contributed by atoms with Crippen LogP contribution < -0.4 is 15.5 Å². The van der Waals surface area contributed by atoms with Gasteiger partial charge in [-0.05, 0) is 51.5 Å². The van der Waals surface area contributed by atoms with Crippen LogP contribution in [0.15, 0.2) is 24.3 Å². The normalized spacial score (nSPS) is 15.1. The third-order valence-electron chi connectivity index (χ3n) is 5.80. The molecule has 2 aromatic rings. The minimum Gasteiger partial charge on any atom is -0.444 e. The number of aliphatic hydroxyl groups excluding tert-OH is 1. The minimum atomic E-state index is -0.571. The van der Waals surface area contributed by atoms with Gasteiger partial charge in [0, 0.05) is 43.0 Å². The summed E-state index contributed by atoms with van der Waals surface area (Å²) in [6, 6.07) is 6.86. The Kier molecular flexibility index (Phi) is 10.3. The quantitative estimate of drug-likeness (QED) is 0.539. The van der Waals surface area contributed by atoms with E-state index in [1.165, 1.54) is 0 Å². The molecule has 0 bridgehead atoms. The highest BCUT2D eigenvalue weighted by Gasteiger charge is 2.30. The smallest absolute Gasteiger partial charge is 0.410 e. The standard InChI is InChI=1S/C25H34N6O5.C2H6/c1-25(2,3)36-24(34)31-10-8-19-20(16-31)28-21(29-22(19)30-11-14-35-15-12-30)17-4-6-18(7-5-17)27-23(33)26-9-13-32;1-2/h4-7,32H,8-16H2,1-3H3,(H2,26,27,33);1-2H3. The van der Waals surface area contributed by atoms with E-state index < -0.39 is 11.6 Å². The number of carbonyl (C=O) groups is 2. The summed E-state index contributed by atoms with van der Waals surface area (Å²) in [4.78, 5) is 38.3. The molecule has 0 aliphatic carbocycles. The fourth-order valence-electron chi connectivity index (χ4n) is 4.11. The second kappa shape index (κ2) is 13.4. The fourth-order valence-corrected chi connectivity index (χ4v) is 4.11. The predicted molar refractivity (Wildman–Crippen MR) is 146 cm³/mol. The van der Waals surface area contributed by atoms with Crippen molar-refractivity contribution in [1.29, 1.82) is 0 Å². The third-order valence-corrected chi connectivity index (χ3v) is 5.80. The molecule has 3 heterocycles. The maximum Gasteiger partial charge on any atom is 0.410 e. The molecule has 0 unspecified atom stereocenters. The summed E-state index contributed by atoms with van der Waals surface area (Å²) < 4.78 is 11.1. The van der Waals surface area contributed by atoms with Gasteiger partial charge in [-0.25, -0.2) is 19.6 Å². The Hall–Kier alpha value is -3.44. The lowest BCUT2D eigenvalue weighted by Crippen LogP contribution is -2.42. The SMILES string of the molecule is CC.CC(C)(C)OC(=O)N1CCc2c(nc(-c3ccc(NC(=O)NCCO)cc3)nc2N2CCOCC2)C1. The Morgan fingerprint density at radius 3 is 2.39 bits per heavy atom. The second-order valence-corrected chi connectivity index (χ2v) is 9.73. The summed E-state index contributed by atoms with van der Waals surface area (Å²) >= 11 is 0. The van der Waals surface area contributed by atoms with Crippen LogP contribution in [0.5, 0.6) is 0 Å². The van der Waals surface area contributed by atoms with Gasteiger partial charge >= 0.3 is 12.1 Å². The lowest BCUT2D eigenvalue weighted by atomic mass is 10.0. The zero-order valence-electron chi connectivity index (χ0n) is 23.0. The summed E-state index contributed by atoms with van der Waals surface area (Å²) in [6.07, 6.45) is 0.295. The van der Waals surface area contributed by atoms with E-state index in [1.54, 1.807) is 17.0 Å². The van der Waals surface area contributed by atoms with E-state index >= 15 is 0 Å². The summed E-state index contributed by atoms with van der Waals surface area (Å²) in [7, 11) is 0. The van der Waals surface area contributed by atoms with Crippen LogP contribution in [0.1, 0.15) is 45.9 Å². The molecular formula is C27H40N6O5. The number of urea groups is 1. The Balaban J connectivity index is 0.00000195. The zero-order valence-corrected chi connectivity index (χ0v) is 23.0. The molecule has 3 amide bonds. The molecule has 2 aliphatic rings. The van der Waals surface area contributed by atoms with Gasteiger partial charge < -0.3 is 35.0 Å². The highest BCUT2D eigenvalue weighted by Crippen LogP contribution is 2.31. The molecule has 0 spiro atoms. The number of carbonyl (C=O) groups excluding carboxylic acids is 2. The van der Waals surface area contributed by atoms with E-state index in [-0.39, 0.29) is 19.2 Å². The summed E-state index contributed by atoms with van der Waals surface area (Å²) in [5.74, 6) is 1.44. The molecule has 1 saturated heterocycles. The number of amides is 3. The maximum absolute atomic E-state index is 12.7. The van der Waals surface area contributed by atoms with Gasteiger partial charge in [-0.2, -0.15) is 0 Å². The number of morpholine rings is 1. The van der Waals surface area contributed by atoms with Crippen molar-refractivity contribution >= 4 is 23.6 Å². The zero-order chi connectivity index (χ0) is 27.7. The monoisotopic (exact) mass is 528 g/mol. The van der Waals surface area contributed by atoms with E-state index in [9.17, 15) is 9.59 Å². The number of nitrogens with one attached hydrogen (secondary N) is 2. The van der Waals surface area contributed by atoms with E-state index in [2.05, 4.69) is 15.5 Å². The number of ether oxygens (including phenoxy) is 2. The van der Waals surface area contributed by atoms with Crippen molar-refractivity contribution < 1.29 is 24.2 Å². The number of anilines is 2. The predicted octanol–water partition coefficient (Wildman–Crippen LogP) is 3.41. The molecule has 0 radical (unpaired) electrons. The largest absolute Gasteiger partial charge is 0.444 e. The van der Waals surface area contributed by atoms with Gasteiger partial charge in [0.15, 0.2) is 5.82 Å². The van der Waals surface area contributed by atoms with Gasteiger partial charge in [-0.3, -0.25) is 0 Å². The first-order valence-electron chi connectivity index (χ1n) is 13.2. The summed E-state index contributed by atoms with van der Waals surface area (Å²) in [5.41, 5.74) is 2.70. The molecule has 208 valence electrons. The molecule has 2 aliphatic heterocycles. The van der Waals surface area contributed by atoms with E-state index in [0.717, 1.165) is 35.7 Å². The number of hydrogen-bond donors (Lipinski definition) is 3. The Bertz CT molecular complexity index is 1080. The van der Waals surface area contributed by atoms with Crippen molar-refractivity contribution in [2.24, 2.45) is 0 Å². The first-order chi connectivity index (χ1) is 18.2. The molecule has 38 heavy (non-hydrogen) atoms. The van der Waals surface area contributed by atoms with Gasteiger partial charge in [0.05, 0.1) is 32.1 Å². The maximum atomic E-state index is 12.7. The van der Waals surface area contributed by atoms with Crippen LogP contribution in [0.2, 0.25) is 0 Å². The number of fused-ring (bicyclic) bond motifs is 1. The number of hydrogen-bond acceptors (Lipinski definition) is 8. The fraction of sp³-hybridized carbons (Fsp3) is 0.556. The average molecular weight is 529 g/mol. The van der Waals surface area contributed by atoms with E-state index in [4.69, 9.17) is 24.5 Å². The molecule has 11 heteroatoms. The van der Waals surface area contributed by atoms with Crippen molar-refractivity contribution in [1.82, 2.24) is 20.2 Å². The Morgan fingerprint density at radius 1 is 1.08 bits per heavy atom. The van der Waals surface area contributed by atoms with Crippen molar-refractivity contribution in [3.63, 3.8) is 0 Å². The summed E-state index contributed by atoms with van der Waals surface area (Å²) in [6.45, 7) is 13.3. The number of nitrogens with zero attached hydrogens (tertiary/aromatic N) is 4. The number of rotatable bonds is 5. The molecule has 11 nitrogen and oxygen atoms in total. The molecule has 0 saturated carbocycles. The minimum absolute atomic E-state index is 0.126. The van der Waals surface area contributed by atoms with Crippen LogP contribution >= 0.6 is 0 Å². The summed E-state index contributed by atoms with van der Waals surface area (Å²) in [5, 5.41) is 14.1. The lowest BCUT2D eigenvalue weighted by Gasteiger charge is -2.34. The third kappa shape index (κ3) is 7.78. The second-order valence-electron chi connectivity index (χ2n) is 9.73. The van der Waals surface area contributed by atoms with Crippen LogP contribution in [0.4, 0.5) is 21.1 Å².